The average molecular weight is 518 g/mol. The van der Waals surface area contributed by atoms with Crippen LogP contribution in [0, 0.1) is 11.8 Å². The predicted octanol–water partition coefficient (Wildman–Crippen LogP) is 1.94. The molecule has 0 saturated carbocycles. The Morgan fingerprint density at radius 2 is 1.22 bits per heavy atom. The molecule has 0 aromatic carbocycles. The van der Waals surface area contributed by atoms with Crippen LogP contribution < -0.4 is 16.0 Å². The smallest absolute Gasteiger partial charge is 0.407 e. The molecular formula is C25H47N3O8. The molecule has 0 fully saturated rings. The lowest BCUT2D eigenvalue weighted by molar-refractivity contribution is -0.140. The van der Waals surface area contributed by atoms with Crippen LogP contribution in [0.1, 0.15) is 88.0 Å². The minimum absolute atomic E-state index is 0.0713. The van der Waals surface area contributed by atoms with Gasteiger partial charge in [-0.25, -0.2) is 4.79 Å². The van der Waals surface area contributed by atoms with Crippen LogP contribution >= 0.6 is 0 Å². The Bertz CT molecular complexity index is 746. The van der Waals surface area contributed by atoms with Crippen LogP contribution in [0.25, 0.3) is 0 Å². The number of ether oxygens (including phenoxy) is 1. The predicted molar refractivity (Wildman–Crippen MR) is 135 cm³/mol. The molecule has 6 N–H and O–H groups in total. The van der Waals surface area contributed by atoms with Gasteiger partial charge in [0, 0.05) is 0 Å². The van der Waals surface area contributed by atoms with Crippen molar-refractivity contribution in [3.05, 3.63) is 0 Å². The molecule has 0 bridgehead atoms. The molecule has 0 saturated heterocycles. The third-order valence-electron chi connectivity index (χ3n) is 5.20. The molecule has 0 aliphatic heterocycles. The van der Waals surface area contributed by atoms with E-state index in [1.165, 1.54) is 13.8 Å². The second-order valence-electron chi connectivity index (χ2n) is 11.7. The third kappa shape index (κ3) is 14.2. The van der Waals surface area contributed by atoms with Gasteiger partial charge < -0.3 is 36.0 Å². The van der Waals surface area contributed by atoms with E-state index in [0.717, 1.165) is 0 Å². The Labute approximate surface area is 214 Å². The molecule has 0 aliphatic carbocycles. The van der Waals surface area contributed by atoms with E-state index in [0.29, 0.717) is 12.8 Å². The minimum atomic E-state index is -1.42. The molecule has 0 spiro atoms. The van der Waals surface area contributed by atoms with E-state index in [9.17, 15) is 29.4 Å². The van der Waals surface area contributed by atoms with Crippen LogP contribution in [-0.4, -0.2) is 74.6 Å². The van der Waals surface area contributed by atoms with Crippen molar-refractivity contribution >= 4 is 23.9 Å². The van der Waals surface area contributed by atoms with E-state index in [1.807, 2.05) is 27.7 Å². The lowest BCUT2D eigenvalue weighted by Gasteiger charge is -2.32. The van der Waals surface area contributed by atoms with Crippen molar-refractivity contribution in [2.24, 2.45) is 11.8 Å². The van der Waals surface area contributed by atoms with Gasteiger partial charge in [0.25, 0.3) is 0 Å². The summed E-state index contributed by atoms with van der Waals surface area (Å²) in [6.07, 6.45) is -3.39. The lowest BCUT2D eigenvalue weighted by Crippen LogP contribution is -2.59. The zero-order valence-electron chi connectivity index (χ0n) is 23.2. The molecule has 1 unspecified atom stereocenters. The highest BCUT2D eigenvalue weighted by Gasteiger charge is 2.35. The highest BCUT2D eigenvalue weighted by Crippen LogP contribution is 2.16. The fourth-order valence-electron chi connectivity index (χ4n) is 3.56. The molecule has 0 aromatic rings. The van der Waals surface area contributed by atoms with Gasteiger partial charge in [-0.15, -0.1) is 0 Å². The molecule has 0 radical (unpaired) electrons. The summed E-state index contributed by atoms with van der Waals surface area (Å²) in [5.41, 5.74) is -2.14. The van der Waals surface area contributed by atoms with Crippen LogP contribution in [0.4, 0.5) is 4.79 Å². The number of hydrogen-bond donors (Lipinski definition) is 6. The van der Waals surface area contributed by atoms with Crippen molar-refractivity contribution < 1.29 is 39.2 Å². The van der Waals surface area contributed by atoms with Gasteiger partial charge in [0.15, 0.2) is 0 Å². The standard InChI is InChI=1S/C25H47N3O8/c1-14(2)10-16(19(30)13-21(32)33)26-22(34)25(8,9)28-20(31)12-18(29)17(11-15(3)4)27-23(35)36-24(5,6)7/h14-19,29-30H,10-13H2,1-9H3,(H,26,34)(H,27,35)(H,28,31)(H,32,33)/t16?,17-,18-,19-/m0/s1. The summed E-state index contributed by atoms with van der Waals surface area (Å²) in [5.74, 6) is -2.23. The number of hydrogen-bond acceptors (Lipinski definition) is 7. The molecule has 210 valence electrons. The molecule has 0 aromatic heterocycles. The topological polar surface area (TPSA) is 174 Å². The normalized spacial score (nSPS) is 15.6. The molecule has 11 nitrogen and oxygen atoms in total. The Balaban J connectivity index is 5.27. The van der Waals surface area contributed by atoms with Crippen LogP contribution in [0.5, 0.6) is 0 Å². The molecule has 3 amide bonds. The number of aliphatic hydroxyl groups is 2. The maximum Gasteiger partial charge on any atom is 0.407 e. The van der Waals surface area contributed by atoms with Gasteiger partial charge in [-0.2, -0.15) is 0 Å². The van der Waals surface area contributed by atoms with Crippen molar-refractivity contribution in [1.29, 1.82) is 0 Å². The fourth-order valence-corrected chi connectivity index (χ4v) is 3.56. The van der Waals surface area contributed by atoms with Gasteiger partial charge in [0.2, 0.25) is 11.8 Å². The molecule has 36 heavy (non-hydrogen) atoms. The summed E-state index contributed by atoms with van der Waals surface area (Å²) < 4.78 is 5.25. The summed E-state index contributed by atoms with van der Waals surface area (Å²) >= 11 is 0. The number of aliphatic carboxylic acids is 1. The Morgan fingerprint density at radius 3 is 1.64 bits per heavy atom. The first kappa shape index (κ1) is 33.6. The van der Waals surface area contributed by atoms with Crippen molar-refractivity contribution in [3.8, 4) is 0 Å². The quantitative estimate of drug-likeness (QED) is 0.203. The number of amides is 3. The van der Waals surface area contributed by atoms with E-state index in [1.54, 1.807) is 20.8 Å². The first-order valence-electron chi connectivity index (χ1n) is 12.4. The van der Waals surface area contributed by atoms with E-state index < -0.39 is 65.7 Å². The first-order valence-corrected chi connectivity index (χ1v) is 12.4. The van der Waals surface area contributed by atoms with Crippen molar-refractivity contribution in [2.75, 3.05) is 0 Å². The lowest BCUT2D eigenvalue weighted by atomic mass is 9.94. The first-order chi connectivity index (χ1) is 16.2. The second-order valence-corrected chi connectivity index (χ2v) is 11.7. The van der Waals surface area contributed by atoms with Gasteiger partial charge in [-0.3, -0.25) is 14.4 Å². The monoisotopic (exact) mass is 517 g/mol. The number of carbonyl (C=O) groups excluding carboxylic acids is 3. The number of carbonyl (C=O) groups is 4. The van der Waals surface area contributed by atoms with Crippen LogP contribution in [0.3, 0.4) is 0 Å². The van der Waals surface area contributed by atoms with E-state index in [-0.39, 0.29) is 18.3 Å². The van der Waals surface area contributed by atoms with Crippen LogP contribution in [0.2, 0.25) is 0 Å². The van der Waals surface area contributed by atoms with Gasteiger partial charge >= 0.3 is 12.1 Å². The van der Waals surface area contributed by atoms with Crippen LogP contribution in [-0.2, 0) is 19.1 Å². The maximum atomic E-state index is 12.9. The Hall–Kier alpha value is -2.40. The minimum Gasteiger partial charge on any atom is -0.481 e. The zero-order valence-corrected chi connectivity index (χ0v) is 23.2. The summed E-state index contributed by atoms with van der Waals surface area (Å²) in [6.45, 7) is 15.7. The van der Waals surface area contributed by atoms with Gasteiger partial charge in [-0.05, 0) is 59.3 Å². The van der Waals surface area contributed by atoms with Crippen molar-refractivity contribution in [1.82, 2.24) is 16.0 Å². The SMILES string of the molecule is CC(C)CC(NC(=O)C(C)(C)NC(=O)C[C@H](O)[C@H](CC(C)C)NC(=O)OC(C)(C)C)[C@@H](O)CC(=O)O. The number of nitrogens with one attached hydrogen (secondary N) is 3. The molecule has 4 atom stereocenters. The number of rotatable bonds is 14. The highest BCUT2D eigenvalue weighted by molar-refractivity contribution is 5.91. The molecular weight excluding hydrogens is 470 g/mol. The summed E-state index contributed by atoms with van der Waals surface area (Å²) in [5, 5.41) is 37.8. The van der Waals surface area contributed by atoms with Crippen molar-refractivity contribution in [2.45, 2.75) is 123 Å². The Kier molecular flexibility index (Phi) is 13.4. The van der Waals surface area contributed by atoms with E-state index in [2.05, 4.69) is 16.0 Å². The van der Waals surface area contributed by atoms with Crippen LogP contribution in [0.15, 0.2) is 0 Å². The molecule has 0 aliphatic rings. The van der Waals surface area contributed by atoms with Gasteiger partial charge in [0.05, 0.1) is 37.1 Å². The number of carboxylic acids is 1. The number of aliphatic hydroxyl groups excluding tert-OH is 2. The van der Waals surface area contributed by atoms with Gasteiger partial charge in [-0.1, -0.05) is 27.7 Å². The van der Waals surface area contributed by atoms with Gasteiger partial charge in [0.1, 0.15) is 11.1 Å². The zero-order chi connectivity index (χ0) is 28.4. The summed E-state index contributed by atoms with van der Waals surface area (Å²) in [6, 6.07) is -1.56. The second kappa shape index (κ2) is 14.4. The highest BCUT2D eigenvalue weighted by atomic mass is 16.6. The Morgan fingerprint density at radius 1 is 0.778 bits per heavy atom. The number of carboxylic acid groups (broad SMARTS) is 1. The largest absolute Gasteiger partial charge is 0.481 e. The average Bonchev–Trinajstić information content (AvgIpc) is 2.63. The summed E-state index contributed by atoms with van der Waals surface area (Å²) in [7, 11) is 0. The third-order valence-corrected chi connectivity index (χ3v) is 5.20. The number of alkyl carbamates (subject to hydrolysis) is 1. The fraction of sp³-hybridized carbons (Fsp3) is 0.840. The molecule has 0 heterocycles. The molecule has 11 heteroatoms. The summed E-state index contributed by atoms with van der Waals surface area (Å²) in [4.78, 5) is 48.8. The molecule has 0 rings (SSSR count). The maximum absolute atomic E-state index is 12.9. The van der Waals surface area contributed by atoms with E-state index >= 15 is 0 Å². The van der Waals surface area contributed by atoms with Crippen molar-refractivity contribution in [3.63, 3.8) is 0 Å². The van der Waals surface area contributed by atoms with E-state index in [4.69, 9.17) is 9.84 Å².